The second-order valence-corrected chi connectivity index (χ2v) is 4.33. The van der Waals surface area contributed by atoms with Crippen LogP contribution >= 0.6 is 0 Å². The predicted octanol–water partition coefficient (Wildman–Crippen LogP) is 2.89. The SMILES string of the molecule is CC(=O)Oc1cc(C(=O)O)ccc1OCc1ccccc1. The highest BCUT2D eigenvalue weighted by Gasteiger charge is 2.12. The van der Waals surface area contributed by atoms with Crippen LogP contribution in [-0.2, 0) is 11.4 Å². The standard InChI is InChI=1S/C16H14O5/c1-11(17)21-15-9-13(16(18)19)7-8-14(15)20-10-12-5-3-2-4-6-12/h2-9H,10H2,1H3,(H,18,19). The van der Waals surface area contributed by atoms with E-state index in [4.69, 9.17) is 14.6 Å². The monoisotopic (exact) mass is 286 g/mol. The summed E-state index contributed by atoms with van der Waals surface area (Å²) in [5.74, 6) is -1.22. The second-order valence-electron chi connectivity index (χ2n) is 4.33. The average Bonchev–Trinajstić information content (AvgIpc) is 2.46. The van der Waals surface area contributed by atoms with E-state index < -0.39 is 11.9 Å². The Balaban J connectivity index is 2.21. The van der Waals surface area contributed by atoms with E-state index in [1.165, 1.54) is 25.1 Å². The molecule has 0 aromatic heterocycles. The molecular formula is C16H14O5. The number of ether oxygens (including phenoxy) is 2. The Morgan fingerprint density at radius 2 is 1.76 bits per heavy atom. The number of hydrogen-bond donors (Lipinski definition) is 1. The first kappa shape index (κ1) is 14.6. The van der Waals surface area contributed by atoms with Crippen LogP contribution in [0.3, 0.4) is 0 Å². The number of carboxylic acid groups (broad SMARTS) is 1. The van der Waals surface area contributed by atoms with Gasteiger partial charge in [-0.2, -0.15) is 0 Å². The molecule has 0 heterocycles. The third-order valence-electron chi connectivity index (χ3n) is 2.68. The van der Waals surface area contributed by atoms with E-state index in [-0.39, 0.29) is 11.3 Å². The average molecular weight is 286 g/mol. The van der Waals surface area contributed by atoms with Gasteiger partial charge in [0.1, 0.15) is 6.61 Å². The van der Waals surface area contributed by atoms with E-state index in [9.17, 15) is 9.59 Å². The van der Waals surface area contributed by atoms with E-state index in [0.29, 0.717) is 12.4 Å². The summed E-state index contributed by atoms with van der Waals surface area (Å²) in [6, 6.07) is 13.6. The molecule has 0 saturated carbocycles. The number of carboxylic acids is 1. The summed E-state index contributed by atoms with van der Waals surface area (Å²) in [5, 5.41) is 8.96. The van der Waals surface area contributed by atoms with Gasteiger partial charge in [-0.25, -0.2) is 4.79 Å². The number of rotatable bonds is 5. The fraction of sp³-hybridized carbons (Fsp3) is 0.125. The summed E-state index contributed by atoms with van der Waals surface area (Å²) >= 11 is 0. The van der Waals surface area contributed by atoms with Crippen LogP contribution in [0.4, 0.5) is 0 Å². The van der Waals surface area contributed by atoms with Crippen molar-refractivity contribution in [2.45, 2.75) is 13.5 Å². The summed E-state index contributed by atoms with van der Waals surface area (Å²) in [5.41, 5.74) is 0.979. The van der Waals surface area contributed by atoms with Gasteiger partial charge in [0.2, 0.25) is 0 Å². The van der Waals surface area contributed by atoms with Crippen LogP contribution in [0, 0.1) is 0 Å². The van der Waals surface area contributed by atoms with Gasteiger partial charge in [-0.05, 0) is 23.8 Å². The molecule has 0 aliphatic carbocycles. The highest BCUT2D eigenvalue weighted by atomic mass is 16.6. The van der Waals surface area contributed by atoms with Crippen molar-refractivity contribution in [3.8, 4) is 11.5 Å². The number of carbonyl (C=O) groups excluding carboxylic acids is 1. The molecule has 21 heavy (non-hydrogen) atoms. The van der Waals surface area contributed by atoms with Crippen LogP contribution in [0.15, 0.2) is 48.5 Å². The van der Waals surface area contributed by atoms with Gasteiger partial charge >= 0.3 is 11.9 Å². The van der Waals surface area contributed by atoms with Gasteiger partial charge in [0.05, 0.1) is 5.56 Å². The maximum absolute atomic E-state index is 11.1. The first-order valence-corrected chi connectivity index (χ1v) is 6.29. The molecule has 0 aliphatic heterocycles. The smallest absolute Gasteiger partial charge is 0.335 e. The highest BCUT2D eigenvalue weighted by Crippen LogP contribution is 2.29. The van der Waals surface area contributed by atoms with Gasteiger partial charge < -0.3 is 14.6 Å². The second kappa shape index (κ2) is 6.56. The van der Waals surface area contributed by atoms with Crippen molar-refractivity contribution < 1.29 is 24.2 Å². The fourth-order valence-electron chi connectivity index (χ4n) is 1.73. The lowest BCUT2D eigenvalue weighted by Gasteiger charge is -2.11. The van der Waals surface area contributed by atoms with Crippen LogP contribution in [0.25, 0.3) is 0 Å². The number of aromatic carboxylic acids is 1. The molecule has 0 bridgehead atoms. The summed E-state index contributed by atoms with van der Waals surface area (Å²) in [4.78, 5) is 22.0. The van der Waals surface area contributed by atoms with Crippen molar-refractivity contribution in [2.75, 3.05) is 0 Å². The first-order chi connectivity index (χ1) is 10.1. The Bertz CT molecular complexity index is 649. The molecule has 0 atom stereocenters. The zero-order valence-corrected chi connectivity index (χ0v) is 11.4. The van der Waals surface area contributed by atoms with Crippen molar-refractivity contribution in [2.24, 2.45) is 0 Å². The molecule has 1 N–H and O–H groups in total. The first-order valence-electron chi connectivity index (χ1n) is 6.29. The summed E-state index contributed by atoms with van der Waals surface area (Å²) in [6.07, 6.45) is 0. The molecule has 0 radical (unpaired) electrons. The molecule has 0 aliphatic rings. The molecule has 108 valence electrons. The summed E-state index contributed by atoms with van der Waals surface area (Å²) in [6.45, 7) is 1.54. The van der Waals surface area contributed by atoms with Gasteiger partial charge in [-0.1, -0.05) is 30.3 Å². The lowest BCUT2D eigenvalue weighted by Crippen LogP contribution is -2.06. The molecule has 2 rings (SSSR count). The largest absolute Gasteiger partial charge is 0.485 e. The Kier molecular flexibility index (Phi) is 4.56. The minimum absolute atomic E-state index is 0.0262. The molecule has 2 aromatic carbocycles. The quantitative estimate of drug-likeness (QED) is 0.676. The molecule has 0 unspecified atom stereocenters. The zero-order valence-electron chi connectivity index (χ0n) is 11.4. The fourth-order valence-corrected chi connectivity index (χ4v) is 1.73. The van der Waals surface area contributed by atoms with Crippen LogP contribution in [0.2, 0.25) is 0 Å². The third-order valence-corrected chi connectivity index (χ3v) is 2.68. The number of hydrogen-bond acceptors (Lipinski definition) is 4. The minimum Gasteiger partial charge on any atom is -0.485 e. The number of benzene rings is 2. The van der Waals surface area contributed by atoms with E-state index in [1.807, 2.05) is 30.3 Å². The highest BCUT2D eigenvalue weighted by molar-refractivity contribution is 5.88. The van der Waals surface area contributed by atoms with Crippen LogP contribution < -0.4 is 9.47 Å². The van der Waals surface area contributed by atoms with E-state index >= 15 is 0 Å². The molecule has 0 spiro atoms. The molecule has 5 nitrogen and oxygen atoms in total. The van der Waals surface area contributed by atoms with Crippen molar-refractivity contribution in [3.63, 3.8) is 0 Å². The Labute approximate surface area is 121 Å². The molecule has 0 fully saturated rings. The van der Waals surface area contributed by atoms with Crippen LogP contribution in [0.5, 0.6) is 11.5 Å². The van der Waals surface area contributed by atoms with Crippen LogP contribution in [0.1, 0.15) is 22.8 Å². The Hall–Kier alpha value is -2.82. The summed E-state index contributed by atoms with van der Waals surface area (Å²) < 4.78 is 10.6. The van der Waals surface area contributed by atoms with Crippen LogP contribution in [-0.4, -0.2) is 17.0 Å². The van der Waals surface area contributed by atoms with E-state index in [1.54, 1.807) is 0 Å². The van der Waals surface area contributed by atoms with E-state index in [0.717, 1.165) is 5.56 Å². The zero-order chi connectivity index (χ0) is 15.2. The molecule has 5 heteroatoms. The normalized spacial score (nSPS) is 9.95. The molecular weight excluding hydrogens is 272 g/mol. The third kappa shape index (κ3) is 4.07. The minimum atomic E-state index is -1.10. The number of esters is 1. The maximum atomic E-state index is 11.1. The van der Waals surface area contributed by atoms with Crippen molar-refractivity contribution in [3.05, 3.63) is 59.7 Å². The van der Waals surface area contributed by atoms with Crippen molar-refractivity contribution >= 4 is 11.9 Å². The van der Waals surface area contributed by atoms with Gasteiger partial charge in [-0.15, -0.1) is 0 Å². The molecule has 2 aromatic rings. The van der Waals surface area contributed by atoms with Gasteiger partial charge in [0.15, 0.2) is 11.5 Å². The van der Waals surface area contributed by atoms with E-state index in [2.05, 4.69) is 0 Å². The van der Waals surface area contributed by atoms with Gasteiger partial charge in [0, 0.05) is 6.92 Å². The topological polar surface area (TPSA) is 72.8 Å². The summed E-state index contributed by atoms with van der Waals surface area (Å²) in [7, 11) is 0. The maximum Gasteiger partial charge on any atom is 0.335 e. The molecule has 0 amide bonds. The number of carbonyl (C=O) groups is 2. The predicted molar refractivity (Wildman–Crippen MR) is 75.5 cm³/mol. The molecule has 0 saturated heterocycles. The van der Waals surface area contributed by atoms with Gasteiger partial charge in [0.25, 0.3) is 0 Å². The van der Waals surface area contributed by atoms with Crippen molar-refractivity contribution in [1.82, 2.24) is 0 Å². The lowest BCUT2D eigenvalue weighted by atomic mass is 10.2. The Morgan fingerprint density at radius 3 is 2.38 bits per heavy atom. The lowest BCUT2D eigenvalue weighted by molar-refractivity contribution is -0.132. The Morgan fingerprint density at radius 1 is 1.05 bits per heavy atom. The van der Waals surface area contributed by atoms with Gasteiger partial charge in [-0.3, -0.25) is 4.79 Å². The van der Waals surface area contributed by atoms with Crippen molar-refractivity contribution in [1.29, 1.82) is 0 Å².